The summed E-state index contributed by atoms with van der Waals surface area (Å²) in [7, 11) is 0. The number of hydrogen-bond donors (Lipinski definition) is 0. The van der Waals surface area contributed by atoms with Gasteiger partial charge in [-0.15, -0.1) is 11.3 Å². The molecule has 8 aromatic carbocycles. The molecule has 0 N–H and O–H groups in total. The molecule has 1 aromatic heterocycles. The lowest BCUT2D eigenvalue weighted by Gasteiger charge is -2.26. The normalized spacial score (nSPS) is 11.2. The Morgan fingerprint density at radius 2 is 0.680 bits per heavy atom. The van der Waals surface area contributed by atoms with Gasteiger partial charge in [-0.3, -0.25) is 0 Å². The number of rotatable bonds is 7. The van der Waals surface area contributed by atoms with Gasteiger partial charge in [0.25, 0.3) is 0 Å². The highest BCUT2D eigenvalue weighted by Crippen LogP contribution is 2.42. The molecule has 1 nitrogen and oxygen atoms in total. The van der Waals surface area contributed by atoms with Crippen LogP contribution in [0.4, 0.5) is 17.1 Å². The van der Waals surface area contributed by atoms with Crippen LogP contribution in [0.15, 0.2) is 200 Å². The monoisotopic (exact) mass is 655 g/mol. The topological polar surface area (TPSA) is 3.24 Å². The summed E-state index contributed by atoms with van der Waals surface area (Å²) in [5.41, 5.74) is 13.2. The summed E-state index contributed by atoms with van der Waals surface area (Å²) >= 11 is 1.87. The van der Waals surface area contributed by atoms with Crippen LogP contribution in [-0.4, -0.2) is 0 Å². The van der Waals surface area contributed by atoms with Crippen molar-refractivity contribution in [3.63, 3.8) is 0 Å². The van der Waals surface area contributed by atoms with E-state index in [9.17, 15) is 0 Å². The van der Waals surface area contributed by atoms with Crippen molar-refractivity contribution in [2.24, 2.45) is 0 Å². The van der Waals surface area contributed by atoms with E-state index in [1.165, 1.54) is 64.7 Å². The van der Waals surface area contributed by atoms with Crippen LogP contribution < -0.4 is 4.90 Å². The van der Waals surface area contributed by atoms with Crippen molar-refractivity contribution >= 4 is 48.6 Å². The summed E-state index contributed by atoms with van der Waals surface area (Å²) in [6.07, 6.45) is 0. The van der Waals surface area contributed by atoms with E-state index in [1.54, 1.807) is 0 Å². The van der Waals surface area contributed by atoms with E-state index in [-0.39, 0.29) is 0 Å². The second-order valence-electron chi connectivity index (χ2n) is 12.6. The fraction of sp³-hybridized carbons (Fsp3) is 0. The van der Waals surface area contributed by atoms with Crippen molar-refractivity contribution in [3.8, 4) is 44.5 Å². The smallest absolute Gasteiger partial charge is 0.0462 e. The highest BCUT2D eigenvalue weighted by atomic mass is 32.1. The van der Waals surface area contributed by atoms with Crippen LogP contribution in [-0.2, 0) is 0 Å². The molecule has 9 rings (SSSR count). The van der Waals surface area contributed by atoms with Crippen molar-refractivity contribution in [1.29, 1.82) is 0 Å². The zero-order valence-corrected chi connectivity index (χ0v) is 28.2. The second kappa shape index (κ2) is 13.0. The molecule has 0 spiro atoms. The van der Waals surface area contributed by atoms with E-state index in [0.29, 0.717) is 0 Å². The Labute approximate surface area is 297 Å². The standard InChI is InChI=1S/C48H33NS/c1-4-12-34(13-5-1)36-24-28-41(29-25-36)49(40-16-8-3-9-17-40)42-30-26-37(27-31-42)35-20-22-39(23-21-35)45-33-48-46(43-18-10-11-19-47(43)50-48)32-44(45)38-14-6-2-7-15-38/h1-33H. The zero-order valence-electron chi connectivity index (χ0n) is 27.4. The Morgan fingerprint density at radius 1 is 0.280 bits per heavy atom. The maximum atomic E-state index is 2.39. The summed E-state index contributed by atoms with van der Waals surface area (Å²) in [5, 5.41) is 2.65. The average molecular weight is 656 g/mol. The third kappa shape index (κ3) is 5.66. The predicted octanol–water partition coefficient (Wildman–Crippen LogP) is 14.2. The first-order valence-corrected chi connectivity index (χ1v) is 17.8. The van der Waals surface area contributed by atoms with Crippen LogP contribution in [0.1, 0.15) is 0 Å². The molecule has 0 aliphatic heterocycles. The van der Waals surface area contributed by atoms with Gasteiger partial charge in [0.1, 0.15) is 0 Å². The van der Waals surface area contributed by atoms with Gasteiger partial charge in [0.05, 0.1) is 0 Å². The van der Waals surface area contributed by atoms with Crippen molar-refractivity contribution < 1.29 is 0 Å². The van der Waals surface area contributed by atoms with Crippen molar-refractivity contribution in [2.45, 2.75) is 0 Å². The third-order valence-electron chi connectivity index (χ3n) is 9.50. The number of para-hydroxylation sites is 1. The maximum absolute atomic E-state index is 2.39. The minimum absolute atomic E-state index is 1.12. The van der Waals surface area contributed by atoms with Gasteiger partial charge in [0, 0.05) is 37.2 Å². The Bertz CT molecular complexity index is 2530. The van der Waals surface area contributed by atoms with Crippen LogP contribution in [0.2, 0.25) is 0 Å². The molecule has 236 valence electrons. The lowest BCUT2D eigenvalue weighted by molar-refractivity contribution is 1.28. The van der Waals surface area contributed by atoms with Crippen LogP contribution in [0.5, 0.6) is 0 Å². The van der Waals surface area contributed by atoms with Gasteiger partial charge in [0.15, 0.2) is 0 Å². The minimum Gasteiger partial charge on any atom is -0.311 e. The lowest BCUT2D eigenvalue weighted by Crippen LogP contribution is -2.09. The molecule has 0 unspecified atom stereocenters. The van der Waals surface area contributed by atoms with Gasteiger partial charge in [-0.1, -0.05) is 146 Å². The van der Waals surface area contributed by atoms with E-state index in [1.807, 2.05) is 11.3 Å². The molecule has 0 saturated carbocycles. The van der Waals surface area contributed by atoms with E-state index >= 15 is 0 Å². The molecule has 0 radical (unpaired) electrons. The highest BCUT2D eigenvalue weighted by Gasteiger charge is 2.15. The van der Waals surface area contributed by atoms with Gasteiger partial charge in [-0.05, 0) is 99.1 Å². The van der Waals surface area contributed by atoms with Crippen LogP contribution in [0.25, 0.3) is 64.7 Å². The average Bonchev–Trinajstić information content (AvgIpc) is 3.57. The van der Waals surface area contributed by atoms with E-state index in [2.05, 4.69) is 205 Å². The first-order valence-electron chi connectivity index (χ1n) is 17.0. The predicted molar refractivity (Wildman–Crippen MR) is 216 cm³/mol. The fourth-order valence-corrected chi connectivity index (χ4v) is 8.10. The Hall–Kier alpha value is -6.22. The van der Waals surface area contributed by atoms with Gasteiger partial charge < -0.3 is 4.90 Å². The Balaban J connectivity index is 1.05. The molecular formula is C48H33NS. The van der Waals surface area contributed by atoms with E-state index in [4.69, 9.17) is 0 Å². The SMILES string of the molecule is c1ccc(-c2ccc(N(c3ccccc3)c3ccc(-c4ccc(-c5cc6sc7ccccc7c6cc5-c5ccccc5)cc4)cc3)cc2)cc1. The molecule has 0 aliphatic carbocycles. The molecule has 0 amide bonds. The molecule has 0 fully saturated rings. The molecule has 50 heavy (non-hydrogen) atoms. The van der Waals surface area contributed by atoms with Gasteiger partial charge in [-0.25, -0.2) is 0 Å². The van der Waals surface area contributed by atoms with Crippen LogP contribution in [0.3, 0.4) is 0 Å². The number of fused-ring (bicyclic) bond motifs is 3. The second-order valence-corrected chi connectivity index (χ2v) is 13.7. The third-order valence-corrected chi connectivity index (χ3v) is 10.6. The van der Waals surface area contributed by atoms with Gasteiger partial charge >= 0.3 is 0 Å². The van der Waals surface area contributed by atoms with Gasteiger partial charge in [-0.2, -0.15) is 0 Å². The van der Waals surface area contributed by atoms with E-state index < -0.39 is 0 Å². The molecule has 9 aromatic rings. The number of nitrogens with zero attached hydrogens (tertiary/aromatic N) is 1. The highest BCUT2D eigenvalue weighted by molar-refractivity contribution is 7.25. The summed E-state index contributed by atoms with van der Waals surface area (Å²) in [6, 6.07) is 72.2. The Kier molecular flexibility index (Phi) is 7.77. The Morgan fingerprint density at radius 3 is 1.28 bits per heavy atom. The maximum Gasteiger partial charge on any atom is 0.0462 e. The number of benzene rings is 8. The van der Waals surface area contributed by atoms with Crippen molar-refractivity contribution in [3.05, 3.63) is 200 Å². The quantitative estimate of drug-likeness (QED) is 0.165. The minimum atomic E-state index is 1.12. The van der Waals surface area contributed by atoms with Crippen LogP contribution >= 0.6 is 11.3 Å². The first-order chi connectivity index (χ1) is 24.8. The molecule has 0 bridgehead atoms. The molecule has 1 heterocycles. The number of thiophene rings is 1. The molecule has 0 saturated heterocycles. The summed E-state index contributed by atoms with van der Waals surface area (Å²) in [4.78, 5) is 2.32. The van der Waals surface area contributed by atoms with Gasteiger partial charge in [0.2, 0.25) is 0 Å². The first kappa shape index (κ1) is 29.9. The number of hydrogen-bond acceptors (Lipinski definition) is 2. The molecular weight excluding hydrogens is 623 g/mol. The van der Waals surface area contributed by atoms with Crippen molar-refractivity contribution in [2.75, 3.05) is 4.90 Å². The summed E-state index contributed by atoms with van der Waals surface area (Å²) in [5.74, 6) is 0. The summed E-state index contributed by atoms with van der Waals surface area (Å²) < 4.78 is 2.64. The van der Waals surface area contributed by atoms with Crippen molar-refractivity contribution in [1.82, 2.24) is 0 Å². The van der Waals surface area contributed by atoms with E-state index in [0.717, 1.165) is 17.1 Å². The zero-order chi connectivity index (χ0) is 33.3. The fourth-order valence-electron chi connectivity index (χ4n) is 6.97. The molecule has 0 atom stereocenters. The largest absolute Gasteiger partial charge is 0.311 e. The van der Waals surface area contributed by atoms with Crippen LogP contribution in [0, 0.1) is 0 Å². The molecule has 2 heteroatoms. The summed E-state index contributed by atoms with van der Waals surface area (Å²) in [6.45, 7) is 0. The lowest BCUT2D eigenvalue weighted by atomic mass is 9.92. The number of anilines is 3. The molecule has 0 aliphatic rings.